The summed E-state index contributed by atoms with van der Waals surface area (Å²) < 4.78 is 5.07. The highest BCUT2D eigenvalue weighted by molar-refractivity contribution is 6.01. The molecule has 20 heavy (non-hydrogen) atoms. The number of likely N-dealkylation sites (tertiary alicyclic amines) is 1. The van der Waals surface area contributed by atoms with E-state index >= 15 is 0 Å². The Morgan fingerprint density at radius 1 is 1.25 bits per heavy atom. The Hall–Kier alpha value is -1.63. The van der Waals surface area contributed by atoms with E-state index in [1.54, 1.807) is 20.8 Å². The summed E-state index contributed by atoms with van der Waals surface area (Å²) in [5.41, 5.74) is 4.91. The molecule has 1 heterocycles. The van der Waals surface area contributed by atoms with E-state index in [0.717, 1.165) is 0 Å². The number of hydrogen-bond donors (Lipinski definition) is 2. The van der Waals surface area contributed by atoms with Crippen molar-refractivity contribution in [2.75, 3.05) is 13.1 Å². The van der Waals surface area contributed by atoms with Crippen molar-refractivity contribution in [1.82, 2.24) is 4.90 Å². The first kappa shape index (κ1) is 16.4. The number of carbonyl (C=O) groups is 3. The van der Waals surface area contributed by atoms with Crippen LogP contribution in [0.4, 0.5) is 0 Å². The lowest BCUT2D eigenvalue weighted by Crippen LogP contribution is -2.52. The van der Waals surface area contributed by atoms with Gasteiger partial charge in [-0.25, -0.2) is 4.79 Å². The molecular weight excluding hydrogens is 264 g/mol. The number of nitrogens with zero attached hydrogens (tertiary/aromatic N) is 1. The van der Waals surface area contributed by atoms with E-state index < -0.39 is 35.4 Å². The highest BCUT2D eigenvalue weighted by atomic mass is 16.6. The van der Waals surface area contributed by atoms with E-state index in [1.807, 2.05) is 0 Å². The Morgan fingerprint density at radius 2 is 1.75 bits per heavy atom. The van der Waals surface area contributed by atoms with E-state index in [1.165, 1.54) is 4.90 Å². The van der Waals surface area contributed by atoms with Gasteiger partial charge in [0.25, 0.3) is 5.91 Å². The third-order valence-electron chi connectivity index (χ3n) is 3.08. The molecule has 0 aromatic carbocycles. The topological polar surface area (TPSA) is 110 Å². The van der Waals surface area contributed by atoms with E-state index in [0.29, 0.717) is 25.9 Å². The van der Waals surface area contributed by atoms with Crippen LogP contribution in [0.25, 0.3) is 0 Å². The Bertz CT molecular complexity index is 394. The monoisotopic (exact) mass is 286 g/mol. The fourth-order valence-electron chi connectivity index (χ4n) is 2.01. The van der Waals surface area contributed by atoms with Crippen LogP contribution in [0.15, 0.2) is 0 Å². The van der Waals surface area contributed by atoms with Crippen LogP contribution in [-0.2, 0) is 19.1 Å². The minimum absolute atomic E-state index is 0.298. The normalized spacial score (nSPS) is 18.5. The zero-order valence-electron chi connectivity index (χ0n) is 12.1. The lowest BCUT2D eigenvalue weighted by molar-refractivity contribution is -0.161. The second-order valence-electron chi connectivity index (χ2n) is 5.95. The average Bonchev–Trinajstić information content (AvgIpc) is 2.35. The molecule has 1 aliphatic heterocycles. The molecule has 0 aromatic heterocycles. The molecule has 7 heteroatoms. The number of ether oxygens (including phenoxy) is 1. The van der Waals surface area contributed by atoms with Gasteiger partial charge in [0.15, 0.2) is 6.04 Å². The summed E-state index contributed by atoms with van der Waals surface area (Å²) in [4.78, 5) is 36.0. The highest BCUT2D eigenvalue weighted by Gasteiger charge is 2.34. The number of hydrogen-bond acceptors (Lipinski definition) is 5. The minimum Gasteiger partial charge on any atom is -0.481 e. The number of esters is 1. The summed E-state index contributed by atoms with van der Waals surface area (Å²) in [6.07, 6.45) is 0.754. The van der Waals surface area contributed by atoms with Crippen molar-refractivity contribution in [2.45, 2.75) is 45.3 Å². The number of nitrogens with two attached hydrogens (primary N) is 1. The molecule has 1 amide bonds. The smallest absolute Gasteiger partial charge is 0.333 e. The largest absolute Gasteiger partial charge is 0.481 e. The van der Waals surface area contributed by atoms with Crippen molar-refractivity contribution in [1.29, 1.82) is 0 Å². The quantitative estimate of drug-likeness (QED) is 0.557. The minimum atomic E-state index is -1.35. The number of amides is 1. The van der Waals surface area contributed by atoms with E-state index in [2.05, 4.69) is 0 Å². The third-order valence-corrected chi connectivity index (χ3v) is 3.08. The zero-order valence-corrected chi connectivity index (χ0v) is 12.1. The molecule has 1 rings (SSSR count). The van der Waals surface area contributed by atoms with Gasteiger partial charge in [-0.2, -0.15) is 0 Å². The second kappa shape index (κ2) is 6.21. The fraction of sp³-hybridized carbons (Fsp3) is 0.769. The van der Waals surface area contributed by atoms with Gasteiger partial charge >= 0.3 is 11.9 Å². The number of aliphatic carboxylic acids is 1. The van der Waals surface area contributed by atoms with Crippen LogP contribution in [0, 0.1) is 5.92 Å². The molecule has 7 nitrogen and oxygen atoms in total. The van der Waals surface area contributed by atoms with Crippen LogP contribution in [0.1, 0.15) is 33.6 Å². The Balaban J connectivity index is 2.54. The van der Waals surface area contributed by atoms with Gasteiger partial charge < -0.3 is 20.5 Å². The standard InChI is InChI=1S/C13H22N2O5/c1-13(2,3)20-12(19)9(14)10(16)15-6-4-8(5-7-15)11(17)18/h8-9H,4-7,14H2,1-3H3,(H,17,18). The van der Waals surface area contributed by atoms with Crippen molar-refractivity contribution in [2.24, 2.45) is 11.7 Å². The second-order valence-corrected chi connectivity index (χ2v) is 5.95. The Kier molecular flexibility index (Phi) is 5.10. The molecule has 1 aliphatic rings. The summed E-state index contributed by atoms with van der Waals surface area (Å²) in [6.45, 7) is 5.68. The average molecular weight is 286 g/mol. The summed E-state index contributed by atoms with van der Waals surface area (Å²) >= 11 is 0. The predicted octanol–water partition coefficient (Wildman–Crippen LogP) is -0.0214. The number of rotatable bonds is 3. The van der Waals surface area contributed by atoms with Crippen LogP contribution >= 0.6 is 0 Å². The molecule has 1 fully saturated rings. The number of carboxylic acid groups (broad SMARTS) is 1. The van der Waals surface area contributed by atoms with Gasteiger partial charge in [0, 0.05) is 13.1 Å². The maximum Gasteiger partial charge on any atom is 0.333 e. The van der Waals surface area contributed by atoms with Crippen LogP contribution in [0.2, 0.25) is 0 Å². The van der Waals surface area contributed by atoms with Gasteiger partial charge in [-0.15, -0.1) is 0 Å². The fourth-order valence-corrected chi connectivity index (χ4v) is 2.01. The van der Waals surface area contributed by atoms with Gasteiger partial charge in [-0.1, -0.05) is 0 Å². The first-order chi connectivity index (χ1) is 9.11. The summed E-state index contributed by atoms with van der Waals surface area (Å²) in [6, 6.07) is -1.35. The van der Waals surface area contributed by atoms with Gasteiger partial charge in [-0.3, -0.25) is 9.59 Å². The first-order valence-electron chi connectivity index (χ1n) is 6.62. The SMILES string of the molecule is CC(C)(C)OC(=O)C(N)C(=O)N1CCC(C(=O)O)CC1. The molecule has 1 atom stereocenters. The molecule has 0 aliphatic carbocycles. The van der Waals surface area contributed by atoms with Crippen molar-refractivity contribution in [3.8, 4) is 0 Å². The predicted molar refractivity (Wildman–Crippen MR) is 70.8 cm³/mol. The van der Waals surface area contributed by atoms with Gasteiger partial charge in [-0.05, 0) is 33.6 Å². The Labute approximate surface area is 118 Å². The van der Waals surface area contributed by atoms with E-state index in [-0.39, 0.29) is 0 Å². The first-order valence-corrected chi connectivity index (χ1v) is 6.62. The molecule has 114 valence electrons. The Morgan fingerprint density at radius 3 is 2.15 bits per heavy atom. The van der Waals surface area contributed by atoms with Crippen molar-refractivity contribution in [3.63, 3.8) is 0 Å². The molecule has 3 N–H and O–H groups in total. The molecule has 1 unspecified atom stereocenters. The molecular formula is C13H22N2O5. The molecule has 0 saturated carbocycles. The molecule has 0 spiro atoms. The summed E-state index contributed by atoms with van der Waals surface area (Å²) in [5, 5.41) is 8.89. The third kappa shape index (κ3) is 4.48. The van der Waals surface area contributed by atoms with Gasteiger partial charge in [0.05, 0.1) is 5.92 Å². The molecule has 1 saturated heterocycles. The van der Waals surface area contributed by atoms with Crippen LogP contribution in [-0.4, -0.2) is 52.6 Å². The number of carboxylic acids is 1. The van der Waals surface area contributed by atoms with Crippen molar-refractivity contribution < 1.29 is 24.2 Å². The van der Waals surface area contributed by atoms with E-state index in [9.17, 15) is 14.4 Å². The molecule has 0 aromatic rings. The highest BCUT2D eigenvalue weighted by Crippen LogP contribution is 2.18. The zero-order chi connectivity index (χ0) is 15.5. The molecule has 0 radical (unpaired) electrons. The lowest BCUT2D eigenvalue weighted by Gasteiger charge is -2.32. The summed E-state index contributed by atoms with van der Waals surface area (Å²) in [7, 11) is 0. The van der Waals surface area contributed by atoms with Crippen LogP contribution in [0.3, 0.4) is 0 Å². The van der Waals surface area contributed by atoms with Gasteiger partial charge in [0.1, 0.15) is 5.60 Å². The number of carbonyl (C=O) groups excluding carboxylic acids is 2. The van der Waals surface area contributed by atoms with Crippen molar-refractivity contribution in [3.05, 3.63) is 0 Å². The lowest BCUT2D eigenvalue weighted by atomic mass is 9.96. The number of piperidine rings is 1. The summed E-state index contributed by atoms with van der Waals surface area (Å²) in [5.74, 6) is -2.56. The van der Waals surface area contributed by atoms with Crippen LogP contribution in [0.5, 0.6) is 0 Å². The molecule has 0 bridgehead atoms. The van der Waals surface area contributed by atoms with E-state index in [4.69, 9.17) is 15.6 Å². The van der Waals surface area contributed by atoms with Crippen molar-refractivity contribution >= 4 is 17.8 Å². The van der Waals surface area contributed by atoms with Crippen LogP contribution < -0.4 is 5.73 Å². The van der Waals surface area contributed by atoms with Gasteiger partial charge in [0.2, 0.25) is 0 Å². The maximum atomic E-state index is 12.1. The maximum absolute atomic E-state index is 12.1.